The summed E-state index contributed by atoms with van der Waals surface area (Å²) < 4.78 is 17.5. The zero-order valence-electron chi connectivity index (χ0n) is 14.5. The number of nitrogens with zero attached hydrogens (tertiary/aromatic N) is 1. The van der Waals surface area contributed by atoms with Crippen molar-refractivity contribution in [3.8, 4) is 0 Å². The monoisotopic (exact) mass is 330 g/mol. The number of aryl methyl sites for hydroxylation is 1. The molecular weight excluding hydrogens is 304 g/mol. The van der Waals surface area contributed by atoms with E-state index in [4.69, 9.17) is 4.74 Å². The molecule has 0 N–H and O–H groups in total. The predicted octanol–water partition coefficient (Wildman–Crippen LogP) is 3.63. The van der Waals surface area contributed by atoms with Gasteiger partial charge in [0.05, 0.1) is 13.0 Å². The second-order valence-corrected chi connectivity index (χ2v) is 6.92. The summed E-state index contributed by atoms with van der Waals surface area (Å²) in [5, 5.41) is 0. The Balaban J connectivity index is 1.87. The summed E-state index contributed by atoms with van der Waals surface area (Å²) in [5.74, 6) is -0.0578. The minimum atomic E-state index is -0.435. The average molecular weight is 330 g/mol. The van der Waals surface area contributed by atoms with Crippen LogP contribution in [0.1, 0.15) is 36.3 Å². The van der Waals surface area contributed by atoms with Crippen LogP contribution in [0.5, 0.6) is 0 Å². The molecule has 2 heterocycles. The number of allylic oxidation sites excluding steroid dienone is 1. The molecule has 130 valence electrons. The number of esters is 1. The second kappa shape index (κ2) is 7.47. The Hall–Kier alpha value is -1.68. The van der Waals surface area contributed by atoms with Crippen molar-refractivity contribution in [2.45, 2.75) is 44.2 Å². The third-order valence-electron chi connectivity index (χ3n) is 5.62. The number of carbonyl (C=O) groups is 1. The fraction of sp³-hybridized carbons (Fsp3) is 0.550. The van der Waals surface area contributed by atoms with Crippen LogP contribution in [0.3, 0.4) is 0 Å². The number of carbonyl (C=O) groups excluding carboxylic acids is 1. The minimum Gasteiger partial charge on any atom is -0.469 e. The van der Waals surface area contributed by atoms with E-state index in [0.717, 1.165) is 19.3 Å². The van der Waals surface area contributed by atoms with E-state index < -0.39 is 6.67 Å². The zero-order chi connectivity index (χ0) is 17.1. The molecule has 0 aromatic heterocycles. The molecule has 0 spiro atoms. The third-order valence-corrected chi connectivity index (χ3v) is 5.62. The fourth-order valence-corrected chi connectivity index (χ4v) is 4.47. The van der Waals surface area contributed by atoms with Gasteiger partial charge in [0, 0.05) is 24.5 Å². The van der Waals surface area contributed by atoms with Gasteiger partial charge in [0.2, 0.25) is 0 Å². The molecular formula is C20H26FNO2. The number of rotatable bonds is 5. The van der Waals surface area contributed by atoms with Crippen molar-refractivity contribution in [2.24, 2.45) is 5.92 Å². The van der Waals surface area contributed by atoms with Gasteiger partial charge in [-0.2, -0.15) is 0 Å². The Morgan fingerprint density at radius 2 is 2.04 bits per heavy atom. The molecule has 2 aliphatic rings. The van der Waals surface area contributed by atoms with E-state index in [9.17, 15) is 9.18 Å². The van der Waals surface area contributed by atoms with Crippen LogP contribution < -0.4 is 0 Å². The maximum Gasteiger partial charge on any atom is 0.310 e. The Morgan fingerprint density at radius 1 is 1.29 bits per heavy atom. The number of fused-ring (bicyclic) bond motifs is 2. The number of hydrogen-bond acceptors (Lipinski definition) is 3. The molecule has 2 aliphatic heterocycles. The van der Waals surface area contributed by atoms with Crippen molar-refractivity contribution in [1.82, 2.24) is 4.90 Å². The average Bonchev–Trinajstić information content (AvgIpc) is 2.87. The quantitative estimate of drug-likeness (QED) is 0.610. The first-order chi connectivity index (χ1) is 11.7. The van der Waals surface area contributed by atoms with Crippen LogP contribution in [0.2, 0.25) is 0 Å². The maximum atomic E-state index is 12.6. The van der Waals surface area contributed by atoms with Crippen LogP contribution in [-0.4, -0.2) is 43.3 Å². The van der Waals surface area contributed by atoms with Crippen molar-refractivity contribution in [3.05, 3.63) is 47.5 Å². The third kappa shape index (κ3) is 3.25. The summed E-state index contributed by atoms with van der Waals surface area (Å²) in [5.41, 5.74) is 2.46. The van der Waals surface area contributed by atoms with Crippen LogP contribution in [0.25, 0.3) is 0 Å². The Bertz CT molecular complexity index is 598. The van der Waals surface area contributed by atoms with Gasteiger partial charge >= 0.3 is 5.97 Å². The lowest BCUT2D eigenvalue weighted by molar-refractivity contribution is -0.150. The summed E-state index contributed by atoms with van der Waals surface area (Å²) in [7, 11) is 1.48. The predicted molar refractivity (Wildman–Crippen MR) is 92.7 cm³/mol. The number of halogens is 1. The summed E-state index contributed by atoms with van der Waals surface area (Å²) in [6.45, 7) is 2.36. The summed E-state index contributed by atoms with van der Waals surface area (Å²) >= 11 is 0. The lowest BCUT2D eigenvalue weighted by Gasteiger charge is -2.43. The van der Waals surface area contributed by atoms with Crippen LogP contribution in [0.15, 0.2) is 36.4 Å². The molecule has 4 heteroatoms. The van der Waals surface area contributed by atoms with E-state index >= 15 is 0 Å². The van der Waals surface area contributed by atoms with Crippen LogP contribution in [0, 0.1) is 12.8 Å². The van der Waals surface area contributed by atoms with Gasteiger partial charge in [0.1, 0.15) is 6.67 Å². The molecule has 3 nitrogen and oxygen atoms in total. The minimum absolute atomic E-state index is 0.120. The maximum absolute atomic E-state index is 12.6. The van der Waals surface area contributed by atoms with E-state index in [2.05, 4.69) is 36.1 Å². The second-order valence-electron chi connectivity index (χ2n) is 6.92. The van der Waals surface area contributed by atoms with Gasteiger partial charge < -0.3 is 4.74 Å². The van der Waals surface area contributed by atoms with Crippen molar-refractivity contribution in [1.29, 1.82) is 0 Å². The van der Waals surface area contributed by atoms with Gasteiger partial charge in [0.25, 0.3) is 0 Å². The molecule has 1 aromatic carbocycles. The van der Waals surface area contributed by atoms with Crippen molar-refractivity contribution < 1.29 is 13.9 Å². The lowest BCUT2D eigenvalue weighted by atomic mass is 9.75. The van der Waals surface area contributed by atoms with Crippen molar-refractivity contribution in [3.63, 3.8) is 0 Å². The zero-order valence-corrected chi connectivity index (χ0v) is 14.5. The van der Waals surface area contributed by atoms with Crippen LogP contribution in [0.4, 0.5) is 4.39 Å². The standard InChI is InChI=1S/C20H26FNO2/c1-14-5-7-15(8-6-14)17-13-16-9-10-18(19(17)20(23)24-2)22(16)12-4-3-11-21/h3-8,16-19H,9-13H2,1-2H3/b4-3+/t16-,17-,18?,19?/m1/s1/i2-1. The topological polar surface area (TPSA) is 29.5 Å². The highest BCUT2D eigenvalue weighted by atomic mass is 19.1. The Kier molecular flexibility index (Phi) is 5.34. The highest BCUT2D eigenvalue weighted by molar-refractivity contribution is 5.75. The molecule has 0 radical (unpaired) electrons. The molecule has 2 fully saturated rings. The van der Waals surface area contributed by atoms with Gasteiger partial charge in [-0.25, -0.2) is 4.39 Å². The van der Waals surface area contributed by atoms with Gasteiger partial charge in [-0.05, 0) is 31.7 Å². The SMILES string of the molecule is Cc1ccc([C@H]2C[C@H]3CCC(C2C(=O)O[11CH3])N3C/C=C/CF)cc1. The Labute approximate surface area is 143 Å². The number of piperidine rings is 1. The van der Waals surface area contributed by atoms with E-state index in [1.165, 1.54) is 18.2 Å². The summed E-state index contributed by atoms with van der Waals surface area (Å²) in [4.78, 5) is 14.9. The fourth-order valence-electron chi connectivity index (χ4n) is 4.47. The number of methoxy groups -OCH3 is 1. The molecule has 0 saturated carbocycles. The van der Waals surface area contributed by atoms with Crippen molar-refractivity contribution in [2.75, 3.05) is 20.3 Å². The highest BCUT2D eigenvalue weighted by Gasteiger charge is 2.50. The first-order valence-electron chi connectivity index (χ1n) is 8.76. The van der Waals surface area contributed by atoms with E-state index in [1.54, 1.807) is 6.08 Å². The normalized spacial score (nSPS) is 30.0. The number of hydrogen-bond donors (Lipinski definition) is 0. The van der Waals surface area contributed by atoms with Crippen LogP contribution >= 0.6 is 0 Å². The van der Waals surface area contributed by atoms with Crippen molar-refractivity contribution >= 4 is 5.97 Å². The molecule has 3 rings (SSSR count). The molecule has 1 aromatic rings. The first-order valence-corrected chi connectivity index (χ1v) is 8.76. The molecule has 24 heavy (non-hydrogen) atoms. The first kappa shape index (κ1) is 17.2. The van der Waals surface area contributed by atoms with E-state index in [-0.39, 0.29) is 23.8 Å². The largest absolute Gasteiger partial charge is 0.469 e. The number of benzene rings is 1. The van der Waals surface area contributed by atoms with E-state index in [0.29, 0.717) is 12.6 Å². The molecule has 0 amide bonds. The van der Waals surface area contributed by atoms with Gasteiger partial charge in [-0.3, -0.25) is 9.69 Å². The Morgan fingerprint density at radius 3 is 2.71 bits per heavy atom. The molecule has 0 aliphatic carbocycles. The molecule has 4 atom stereocenters. The lowest BCUT2D eigenvalue weighted by Crippen LogP contribution is -2.50. The smallest absolute Gasteiger partial charge is 0.310 e. The van der Waals surface area contributed by atoms with E-state index in [1.807, 2.05) is 6.08 Å². The van der Waals surface area contributed by atoms with Gasteiger partial charge in [0.15, 0.2) is 0 Å². The van der Waals surface area contributed by atoms with Gasteiger partial charge in [-0.15, -0.1) is 0 Å². The van der Waals surface area contributed by atoms with Crippen LogP contribution in [-0.2, 0) is 9.53 Å². The summed E-state index contributed by atoms with van der Waals surface area (Å²) in [6, 6.07) is 9.17. The molecule has 2 saturated heterocycles. The van der Waals surface area contributed by atoms with Gasteiger partial charge in [-0.1, -0.05) is 42.0 Å². The summed E-state index contributed by atoms with van der Waals surface area (Å²) in [6.07, 6.45) is 6.51. The molecule has 2 unspecified atom stereocenters. The number of ether oxygens (including phenoxy) is 1. The molecule has 2 bridgehead atoms. The number of alkyl halides is 1. The highest BCUT2D eigenvalue weighted by Crippen LogP contribution is 2.47.